The van der Waals surface area contributed by atoms with E-state index in [0.29, 0.717) is 0 Å². The van der Waals surface area contributed by atoms with Gasteiger partial charge in [0.15, 0.2) is 0 Å². The molecule has 0 atom stereocenters. The summed E-state index contributed by atoms with van der Waals surface area (Å²) >= 11 is 0. The molecule has 24 rings (SSSR count). The molecule has 0 radical (unpaired) electrons. The van der Waals surface area contributed by atoms with E-state index in [1.165, 1.54) is 230 Å². The van der Waals surface area contributed by atoms with E-state index in [2.05, 4.69) is 510 Å². The molecule has 0 heterocycles. The lowest BCUT2D eigenvalue weighted by Crippen LogP contribution is -1.92. The molecule has 0 fully saturated rings. The van der Waals surface area contributed by atoms with Gasteiger partial charge in [-0.15, -0.1) is 0 Å². The van der Waals surface area contributed by atoms with Gasteiger partial charge in [-0.05, 0) is 261 Å². The Morgan fingerprint density at radius 2 is 0.278 bits per heavy atom. The van der Waals surface area contributed by atoms with Gasteiger partial charge in [-0.25, -0.2) is 0 Å². The molecule has 588 valence electrons. The molecule has 0 aromatic heterocycles. The molecule has 0 saturated carbocycles. The summed E-state index contributed by atoms with van der Waals surface area (Å²) in [5, 5.41) is 22.8. The zero-order valence-corrected chi connectivity index (χ0v) is 69.5. The zero-order valence-electron chi connectivity index (χ0n) is 69.5. The maximum atomic E-state index is 2.40. The Kier molecular flexibility index (Phi) is 20.2. The lowest BCUT2D eigenvalue weighted by molar-refractivity contribution is 1.61. The quantitative estimate of drug-likeness (QED) is 0.107. The zero-order chi connectivity index (χ0) is 83.6. The predicted octanol–water partition coefficient (Wildman–Crippen LogP) is 35.4. The summed E-state index contributed by atoms with van der Waals surface area (Å²) in [4.78, 5) is 0. The van der Waals surface area contributed by atoms with Crippen LogP contribution in [0.5, 0.6) is 0 Å². The number of fused-ring (bicyclic) bond motifs is 9. The fourth-order valence-electron chi connectivity index (χ4n) is 19.3. The van der Waals surface area contributed by atoms with Crippen LogP contribution in [0.2, 0.25) is 0 Å². The third-order valence-electron chi connectivity index (χ3n) is 25.4. The topological polar surface area (TPSA) is 0 Å². The van der Waals surface area contributed by atoms with Crippen LogP contribution in [-0.2, 0) is 0 Å². The number of hydrogen-bond acceptors (Lipinski definition) is 0. The van der Waals surface area contributed by atoms with Crippen LogP contribution in [0.1, 0.15) is 0 Å². The van der Waals surface area contributed by atoms with E-state index >= 15 is 0 Å². The van der Waals surface area contributed by atoms with Crippen molar-refractivity contribution in [3.63, 3.8) is 0 Å². The Labute approximate surface area is 734 Å². The van der Waals surface area contributed by atoms with E-state index in [0.717, 1.165) is 0 Å². The molecule has 24 aromatic carbocycles. The molecule has 0 N–H and O–H groups in total. The van der Waals surface area contributed by atoms with Crippen molar-refractivity contribution in [2.45, 2.75) is 0 Å². The van der Waals surface area contributed by atoms with Crippen LogP contribution in [0.25, 0.3) is 230 Å². The van der Waals surface area contributed by atoms with E-state index in [1.807, 2.05) is 0 Å². The van der Waals surface area contributed by atoms with Gasteiger partial charge >= 0.3 is 0 Å². The largest absolute Gasteiger partial charge is 0.0622 e. The second-order valence-electron chi connectivity index (χ2n) is 32.7. The van der Waals surface area contributed by atoms with Crippen molar-refractivity contribution in [1.29, 1.82) is 0 Å². The van der Waals surface area contributed by atoms with Gasteiger partial charge < -0.3 is 0 Å². The first-order valence-electron chi connectivity index (χ1n) is 43.6. The van der Waals surface area contributed by atoms with Gasteiger partial charge in [0, 0.05) is 0 Å². The monoisotopic (exact) mass is 1600 g/mol. The van der Waals surface area contributed by atoms with E-state index in [4.69, 9.17) is 0 Å². The number of rotatable bonds is 12. The summed E-state index contributed by atoms with van der Waals surface area (Å²) in [6.45, 7) is 0. The van der Waals surface area contributed by atoms with Gasteiger partial charge in [-0.2, -0.15) is 0 Å². The van der Waals surface area contributed by atoms with Gasteiger partial charge in [0.25, 0.3) is 0 Å². The molecule has 24 aromatic rings. The Bertz CT molecular complexity index is 8160. The van der Waals surface area contributed by atoms with Gasteiger partial charge in [0.1, 0.15) is 0 Å². The molecule has 0 aliphatic carbocycles. The first-order valence-corrected chi connectivity index (χ1v) is 43.6. The first-order chi connectivity index (χ1) is 62.5. The molecule has 0 saturated heterocycles. The maximum absolute atomic E-state index is 2.40. The molecule has 0 aliphatic rings. The predicted molar refractivity (Wildman–Crippen MR) is 542 cm³/mol. The average molecular weight is 1600 g/mol. The van der Waals surface area contributed by atoms with E-state index in [9.17, 15) is 0 Å². The van der Waals surface area contributed by atoms with Crippen molar-refractivity contribution in [3.8, 4) is 134 Å². The highest BCUT2D eigenvalue weighted by molar-refractivity contribution is 6.26. The minimum absolute atomic E-state index is 1.22. The van der Waals surface area contributed by atoms with Crippen molar-refractivity contribution in [2.75, 3.05) is 0 Å². The molecule has 0 unspecified atom stereocenters. The minimum atomic E-state index is 1.22. The summed E-state index contributed by atoms with van der Waals surface area (Å²) in [6, 6.07) is 185. The second kappa shape index (κ2) is 33.6. The lowest BCUT2D eigenvalue weighted by Gasteiger charge is -2.20. The summed E-state index contributed by atoms with van der Waals surface area (Å²) in [5.41, 5.74) is 29.9. The molecule has 126 heavy (non-hydrogen) atoms. The molecule has 0 spiro atoms. The highest BCUT2D eigenvalue weighted by atomic mass is 14.3. The van der Waals surface area contributed by atoms with Crippen LogP contribution in [0.3, 0.4) is 0 Å². The van der Waals surface area contributed by atoms with Crippen LogP contribution in [0.4, 0.5) is 0 Å². The van der Waals surface area contributed by atoms with Crippen LogP contribution < -0.4 is 0 Å². The molecule has 0 heteroatoms. The van der Waals surface area contributed by atoms with Gasteiger partial charge in [-0.3, -0.25) is 0 Å². The van der Waals surface area contributed by atoms with E-state index in [-0.39, 0.29) is 0 Å². The Balaban J connectivity index is 0.000000112. The van der Waals surface area contributed by atoms with Crippen molar-refractivity contribution < 1.29 is 0 Å². The van der Waals surface area contributed by atoms with Crippen molar-refractivity contribution in [1.82, 2.24) is 0 Å². The van der Waals surface area contributed by atoms with Crippen LogP contribution in [0.15, 0.2) is 510 Å². The summed E-state index contributed by atoms with van der Waals surface area (Å²) < 4.78 is 0. The third kappa shape index (κ3) is 14.5. The molecule has 0 aliphatic heterocycles. The third-order valence-corrected chi connectivity index (χ3v) is 25.4. The maximum Gasteiger partial charge on any atom is -0.00199 e. The standard InChI is InChI=1S/C46H30.C42H28.C38H26/c1-2-10-31(11-3-1)39-26-27-43-44(30-39)46(40-25-21-33-13-5-7-15-37(33)29-40)42-17-9-8-16-41(42)45(43)35-22-18-34(19-23-35)38-24-20-32-12-4-6-14-36(32)28-38;1-3-12-29(13-4-1)31-22-24-33(25-23-31)41-37-19-9-10-20-38(37)42(36-21-11-17-32-16-7-8-18-35(32)36)40-28-34(26-27-39(40)41)30-14-5-2-6-15-30;1-4-12-27(13-5-1)29-20-22-31(23-21-29)37-33-18-10-11-19-34(33)38(30-16-8-3-9-17-30)36-26-32(24-25-35(36)37)28-14-6-2-7-15-28/h1-30H;1-28H;1-26H. The SMILES string of the molecule is c1ccc(-c2ccc(-c3c4ccccc4c(-c4cccc5ccccc45)c4cc(-c5ccccc5)ccc34)cc2)cc1.c1ccc(-c2ccc(-c3c4ccccc4c(-c4ccccc4)c4cc(-c5ccccc5)ccc34)cc2)cc1.c1ccc(-c2ccc3c(-c4ccc(-c5ccc6ccccc6c5)cc4)c4ccccc4c(-c4ccc5ccccc5c4)c3c2)cc1. The van der Waals surface area contributed by atoms with Crippen LogP contribution >= 0.6 is 0 Å². The highest BCUT2D eigenvalue weighted by Gasteiger charge is 2.23. The van der Waals surface area contributed by atoms with Crippen molar-refractivity contribution in [3.05, 3.63) is 510 Å². The first kappa shape index (κ1) is 75.8. The molecular weight excluding hydrogens is 1510 g/mol. The number of benzene rings is 24. The highest BCUT2D eigenvalue weighted by Crippen LogP contribution is 2.51. The molecular formula is C126H84. The smallest absolute Gasteiger partial charge is 0.00199 e. The van der Waals surface area contributed by atoms with E-state index < -0.39 is 0 Å². The van der Waals surface area contributed by atoms with Gasteiger partial charge in [0.05, 0.1) is 0 Å². The number of hydrogen-bond donors (Lipinski definition) is 0. The molecule has 0 bridgehead atoms. The molecule has 0 amide bonds. The van der Waals surface area contributed by atoms with E-state index in [1.54, 1.807) is 0 Å². The van der Waals surface area contributed by atoms with Crippen molar-refractivity contribution in [2.24, 2.45) is 0 Å². The minimum Gasteiger partial charge on any atom is -0.0622 e. The lowest BCUT2D eigenvalue weighted by atomic mass is 9.83. The fourth-order valence-corrected chi connectivity index (χ4v) is 19.3. The van der Waals surface area contributed by atoms with Crippen LogP contribution in [0, 0.1) is 0 Å². The Hall–Kier alpha value is -16.4. The van der Waals surface area contributed by atoms with Gasteiger partial charge in [0.2, 0.25) is 0 Å². The Morgan fingerprint density at radius 3 is 0.651 bits per heavy atom. The summed E-state index contributed by atoms with van der Waals surface area (Å²) in [5.74, 6) is 0. The average Bonchev–Trinajstić information content (AvgIpc) is 0.733. The fraction of sp³-hybridized carbons (Fsp3) is 0. The molecule has 0 nitrogen and oxygen atoms in total. The van der Waals surface area contributed by atoms with Gasteiger partial charge in [-0.1, -0.05) is 479 Å². The summed E-state index contributed by atoms with van der Waals surface area (Å²) in [6.07, 6.45) is 0. The van der Waals surface area contributed by atoms with Crippen molar-refractivity contribution >= 4 is 97.0 Å². The van der Waals surface area contributed by atoms with Crippen LogP contribution in [-0.4, -0.2) is 0 Å². The second-order valence-corrected chi connectivity index (χ2v) is 32.7. The summed E-state index contributed by atoms with van der Waals surface area (Å²) in [7, 11) is 0. The Morgan fingerprint density at radius 1 is 0.0794 bits per heavy atom. The normalized spacial score (nSPS) is 11.3.